The van der Waals surface area contributed by atoms with Gasteiger partial charge in [0.2, 0.25) is 11.5 Å². The van der Waals surface area contributed by atoms with E-state index < -0.39 is 0 Å². The quantitative estimate of drug-likeness (QED) is 0.329. The first-order chi connectivity index (χ1) is 14.1. The fourth-order valence-corrected chi connectivity index (χ4v) is 3.92. The van der Waals surface area contributed by atoms with Crippen LogP contribution < -0.4 is 9.72 Å². The van der Waals surface area contributed by atoms with Gasteiger partial charge in [-0.1, -0.05) is 31.9 Å². The third-order valence-electron chi connectivity index (χ3n) is 5.44. The Morgan fingerprint density at radius 3 is 2.59 bits per heavy atom. The molecule has 4 aromatic rings. The Balaban J connectivity index is 2.01. The monoisotopic (exact) mass is 387 g/mol. The Morgan fingerprint density at radius 2 is 1.86 bits per heavy atom. The molecule has 2 aromatic carbocycles. The van der Waals surface area contributed by atoms with Gasteiger partial charge in [0, 0.05) is 5.56 Å². The molecule has 146 valence electrons. The highest BCUT2D eigenvalue weighted by Gasteiger charge is 2.25. The molecule has 0 fully saturated rings. The number of aromatic amines is 1. The van der Waals surface area contributed by atoms with Crippen LogP contribution in [-0.2, 0) is 6.42 Å². The molecule has 0 atom stereocenters. The maximum Gasteiger partial charge on any atom is 0.250 e. The molecule has 0 radical (unpaired) electrons. The van der Waals surface area contributed by atoms with Crippen molar-refractivity contribution >= 4 is 28.2 Å². The van der Waals surface area contributed by atoms with Gasteiger partial charge in [0.25, 0.3) is 0 Å². The number of nitrogens with one attached hydrogen (secondary N) is 2. The number of anilines is 2. The Morgan fingerprint density at radius 1 is 1.10 bits per heavy atom. The second kappa shape index (κ2) is 7.92. The summed E-state index contributed by atoms with van der Waals surface area (Å²) < 4.78 is 15.5. The van der Waals surface area contributed by atoms with Crippen molar-refractivity contribution in [3.05, 3.63) is 71.0 Å². The normalized spacial score (nSPS) is 11.1. The van der Waals surface area contributed by atoms with E-state index in [4.69, 9.17) is 0 Å². The number of H-pyrrole nitrogens is 1. The fraction of sp³-hybridized carbons (Fsp3) is 0.250. The van der Waals surface area contributed by atoms with Crippen molar-refractivity contribution in [1.29, 1.82) is 5.26 Å². The molecule has 2 aromatic heterocycles. The van der Waals surface area contributed by atoms with Gasteiger partial charge in [-0.05, 0) is 61.7 Å². The van der Waals surface area contributed by atoms with Crippen LogP contribution in [-0.4, -0.2) is 4.98 Å². The zero-order chi connectivity index (χ0) is 20.4. The van der Waals surface area contributed by atoms with Crippen molar-refractivity contribution in [2.75, 3.05) is 5.32 Å². The number of nitrogens with zero attached hydrogens (tertiary/aromatic N) is 2. The van der Waals surface area contributed by atoms with Gasteiger partial charge in [0.15, 0.2) is 0 Å². The first-order valence-corrected chi connectivity index (χ1v) is 10.0. The van der Waals surface area contributed by atoms with Gasteiger partial charge >= 0.3 is 0 Å². The Labute approximate surface area is 169 Å². The van der Waals surface area contributed by atoms with Crippen molar-refractivity contribution in [3.63, 3.8) is 0 Å². The van der Waals surface area contributed by atoms with Gasteiger partial charge < -0.3 is 0 Å². The second-order valence-electron chi connectivity index (χ2n) is 7.35. The molecule has 0 amide bonds. The third kappa shape index (κ3) is 3.42. The lowest BCUT2D eigenvalue weighted by molar-refractivity contribution is -0.465. The summed E-state index contributed by atoms with van der Waals surface area (Å²) in [5, 5.41) is 13.4. The summed E-state index contributed by atoms with van der Waals surface area (Å²) in [7, 11) is 0. The van der Waals surface area contributed by atoms with E-state index in [1.165, 1.54) is 12.1 Å². The van der Waals surface area contributed by atoms with Gasteiger partial charge in [-0.25, -0.2) is 4.39 Å². The van der Waals surface area contributed by atoms with E-state index in [1.54, 1.807) is 12.1 Å². The SMILES string of the molecule is CCCCCc1c(C)c(C#N)c2[nH]c3ccccc3[n+]2c1Nc1ccc(F)cc1. The average Bonchev–Trinajstić information content (AvgIpc) is 3.11. The standard InChI is InChI=1S/C24H23FN4/c1-3-4-5-8-19-16(2)20(15-26)24-28-21-9-6-7-10-22(21)29(24)23(19)27-18-13-11-17(25)12-14-18/h6-7,9-14H,3-5,8H2,1-2H3,(H,27,28)/p+1. The highest BCUT2D eigenvalue weighted by atomic mass is 19.1. The number of para-hydroxylation sites is 2. The van der Waals surface area contributed by atoms with Crippen LogP contribution in [0.2, 0.25) is 0 Å². The number of hydrogen-bond donors (Lipinski definition) is 2. The van der Waals surface area contributed by atoms with Gasteiger partial charge in [0.05, 0.1) is 5.69 Å². The van der Waals surface area contributed by atoms with Crippen molar-refractivity contribution in [2.24, 2.45) is 0 Å². The summed E-state index contributed by atoms with van der Waals surface area (Å²) in [6.45, 7) is 4.20. The van der Waals surface area contributed by atoms with E-state index in [-0.39, 0.29) is 5.82 Å². The van der Waals surface area contributed by atoms with Gasteiger partial charge in [-0.3, -0.25) is 10.3 Å². The van der Waals surface area contributed by atoms with Gasteiger partial charge in [0.1, 0.15) is 28.5 Å². The number of rotatable bonds is 6. The van der Waals surface area contributed by atoms with Gasteiger partial charge in [-0.2, -0.15) is 9.66 Å². The minimum Gasteiger partial charge on any atom is -0.273 e. The first-order valence-electron chi connectivity index (χ1n) is 10.0. The van der Waals surface area contributed by atoms with E-state index >= 15 is 0 Å². The molecule has 0 bridgehead atoms. The third-order valence-corrected chi connectivity index (χ3v) is 5.44. The number of halogens is 1. The molecule has 0 aliphatic rings. The zero-order valence-electron chi connectivity index (χ0n) is 16.7. The summed E-state index contributed by atoms with van der Waals surface area (Å²) in [5.74, 6) is 0.663. The number of fused-ring (bicyclic) bond motifs is 3. The Hall–Kier alpha value is -3.39. The number of aromatic nitrogens is 2. The minimum absolute atomic E-state index is 0.264. The van der Waals surface area contributed by atoms with Crippen LogP contribution >= 0.6 is 0 Å². The number of benzene rings is 2. The molecule has 0 aliphatic carbocycles. The summed E-state index contributed by atoms with van der Waals surface area (Å²) in [6.07, 6.45) is 4.19. The lowest BCUT2D eigenvalue weighted by Crippen LogP contribution is -2.28. The van der Waals surface area contributed by atoms with E-state index in [2.05, 4.69) is 27.7 Å². The predicted octanol–water partition coefficient (Wildman–Crippen LogP) is 5.70. The smallest absolute Gasteiger partial charge is 0.250 e. The highest BCUT2D eigenvalue weighted by molar-refractivity contribution is 5.78. The summed E-state index contributed by atoms with van der Waals surface area (Å²) in [4.78, 5) is 3.41. The summed E-state index contributed by atoms with van der Waals surface area (Å²) in [5.41, 5.74) is 6.33. The topological polar surface area (TPSA) is 55.7 Å². The van der Waals surface area contributed by atoms with E-state index in [1.807, 2.05) is 31.2 Å². The maximum atomic E-state index is 13.4. The van der Waals surface area contributed by atoms with Crippen molar-refractivity contribution < 1.29 is 8.79 Å². The van der Waals surface area contributed by atoms with Crippen LogP contribution in [0.25, 0.3) is 16.7 Å². The van der Waals surface area contributed by atoms with Crippen molar-refractivity contribution in [1.82, 2.24) is 4.98 Å². The molecular formula is C24H24FN4+. The number of pyridine rings is 1. The fourth-order valence-electron chi connectivity index (χ4n) is 3.92. The van der Waals surface area contributed by atoms with Crippen molar-refractivity contribution in [2.45, 2.75) is 39.5 Å². The van der Waals surface area contributed by atoms with E-state index in [0.29, 0.717) is 5.56 Å². The molecule has 5 heteroatoms. The molecule has 2 heterocycles. The largest absolute Gasteiger partial charge is 0.273 e. The number of nitriles is 1. The van der Waals surface area contributed by atoms with Crippen LogP contribution in [0, 0.1) is 24.1 Å². The van der Waals surface area contributed by atoms with E-state index in [9.17, 15) is 9.65 Å². The average molecular weight is 387 g/mol. The second-order valence-corrected chi connectivity index (χ2v) is 7.35. The molecular weight excluding hydrogens is 363 g/mol. The molecule has 0 aliphatic heterocycles. The molecule has 0 spiro atoms. The number of imidazole rings is 1. The van der Waals surface area contributed by atoms with Crippen LogP contribution in [0.4, 0.5) is 15.9 Å². The highest BCUT2D eigenvalue weighted by Crippen LogP contribution is 2.29. The van der Waals surface area contributed by atoms with E-state index in [0.717, 1.165) is 65.0 Å². The first kappa shape index (κ1) is 18.9. The van der Waals surface area contributed by atoms with Crippen LogP contribution in [0.3, 0.4) is 0 Å². The lowest BCUT2D eigenvalue weighted by Gasteiger charge is -2.14. The lowest BCUT2D eigenvalue weighted by atomic mass is 9.99. The maximum absolute atomic E-state index is 13.4. The van der Waals surface area contributed by atoms with Crippen molar-refractivity contribution in [3.8, 4) is 6.07 Å². The number of hydrogen-bond acceptors (Lipinski definition) is 2. The van der Waals surface area contributed by atoms with Crippen LogP contribution in [0.1, 0.15) is 42.9 Å². The molecule has 4 nitrogen and oxygen atoms in total. The molecule has 0 saturated carbocycles. The molecule has 29 heavy (non-hydrogen) atoms. The zero-order valence-corrected chi connectivity index (χ0v) is 16.7. The molecule has 0 saturated heterocycles. The minimum atomic E-state index is -0.264. The summed E-state index contributed by atoms with van der Waals surface area (Å²) in [6, 6.07) is 16.8. The molecule has 0 unspecified atom stereocenters. The van der Waals surface area contributed by atoms with Crippen LogP contribution in [0.15, 0.2) is 48.5 Å². The molecule has 2 N–H and O–H groups in total. The van der Waals surface area contributed by atoms with Crippen LogP contribution in [0.5, 0.6) is 0 Å². The number of unbranched alkanes of at least 4 members (excludes halogenated alkanes) is 2. The Kier molecular flexibility index (Phi) is 5.18. The van der Waals surface area contributed by atoms with Gasteiger partial charge in [-0.15, -0.1) is 0 Å². The summed E-state index contributed by atoms with van der Waals surface area (Å²) >= 11 is 0. The Bertz CT molecular complexity index is 1220. The predicted molar refractivity (Wildman–Crippen MR) is 114 cm³/mol. The molecule has 4 rings (SSSR count).